The van der Waals surface area contributed by atoms with Crippen LogP contribution in [0.3, 0.4) is 0 Å². The first kappa shape index (κ1) is 44.1. The Hall–Kier alpha value is -8.66. The molecule has 0 bridgehead atoms. The van der Waals surface area contributed by atoms with Crippen molar-refractivity contribution in [3.8, 4) is 23.3 Å². The molecule has 0 N–H and O–H groups in total. The molecule has 0 unspecified atom stereocenters. The van der Waals surface area contributed by atoms with Crippen molar-refractivity contribution in [2.45, 2.75) is 0 Å². The molecule has 1 fully saturated rings. The van der Waals surface area contributed by atoms with Gasteiger partial charge in [0.1, 0.15) is 0 Å². The number of nitrogens with zero attached hydrogens (tertiary/aromatic N) is 5. The van der Waals surface area contributed by atoms with Gasteiger partial charge in [0.05, 0.1) is 22.1 Å². The summed E-state index contributed by atoms with van der Waals surface area (Å²) in [6, 6.07) is 95.1. The average Bonchev–Trinajstić information content (AvgIpc) is 4.01. The van der Waals surface area contributed by atoms with E-state index < -0.39 is 25.7 Å². The van der Waals surface area contributed by atoms with Gasteiger partial charge in [-0.1, -0.05) is 243 Å². The minimum Gasteiger partial charge on any atom is -0.402 e. The van der Waals surface area contributed by atoms with Crippen LogP contribution in [0, 0.1) is 0 Å². The molecular formula is C63H45N5O3Si3. The van der Waals surface area contributed by atoms with Crippen LogP contribution in [-0.2, 0) is 12.3 Å². The van der Waals surface area contributed by atoms with E-state index in [0.29, 0.717) is 17.7 Å². The zero-order valence-electron chi connectivity index (χ0n) is 39.9. The topological polar surface area (TPSA) is 76.2 Å². The van der Waals surface area contributed by atoms with Crippen LogP contribution in [0.2, 0.25) is 0 Å². The van der Waals surface area contributed by atoms with Crippen molar-refractivity contribution in [1.82, 2.24) is 24.1 Å². The minimum absolute atomic E-state index is 0.502. The van der Waals surface area contributed by atoms with Crippen molar-refractivity contribution in [1.29, 1.82) is 0 Å². The van der Waals surface area contributed by atoms with Crippen molar-refractivity contribution in [2.75, 3.05) is 0 Å². The number of hydrogen-bond acceptors (Lipinski definition) is 6. The summed E-state index contributed by atoms with van der Waals surface area (Å²) in [5, 5.41) is 10.3. The first-order valence-corrected chi connectivity index (χ1v) is 30.3. The summed E-state index contributed by atoms with van der Waals surface area (Å²) in [5.41, 5.74) is 4.78. The monoisotopic (exact) mass is 1000 g/mol. The summed E-state index contributed by atoms with van der Waals surface area (Å²) >= 11 is 0. The highest BCUT2D eigenvalue weighted by Crippen LogP contribution is 2.36. The Kier molecular flexibility index (Phi) is 10.6. The normalized spacial score (nSPS) is 14.9. The lowest BCUT2D eigenvalue weighted by atomic mass is 10.2. The maximum Gasteiger partial charge on any atom is 0.390 e. The first-order chi connectivity index (χ1) is 36.6. The fraction of sp³-hybridized carbons (Fsp3) is 0. The highest BCUT2D eigenvalue weighted by Gasteiger charge is 2.67. The molecule has 0 spiro atoms. The van der Waals surface area contributed by atoms with E-state index in [1.165, 1.54) is 0 Å². The molecule has 13 aromatic rings. The number of aromatic nitrogens is 5. The minimum atomic E-state index is -3.96. The molecule has 0 atom stereocenters. The van der Waals surface area contributed by atoms with Crippen LogP contribution in [0.25, 0.3) is 66.9 Å². The predicted octanol–water partition coefficient (Wildman–Crippen LogP) is 9.87. The van der Waals surface area contributed by atoms with Gasteiger partial charge in [-0.15, -0.1) is 0 Å². The summed E-state index contributed by atoms with van der Waals surface area (Å²) < 4.78 is 29.0. The SMILES string of the molecule is c1ccc([Si]2(c3ccccc3)O[Si](c3ccccc3)(c3ccccc3)O[Si](c3ccccc3)(c3cccc(-c4nc(-n5c6ccccc6c6ccccc65)nc(-n5c6ccccc6c6ccccc65)n4)c3)O2)cc1. The molecule has 352 valence electrons. The van der Waals surface area contributed by atoms with Crippen LogP contribution in [-0.4, -0.2) is 49.8 Å². The Labute approximate surface area is 430 Å². The van der Waals surface area contributed by atoms with E-state index in [1.54, 1.807) is 0 Å². The second-order valence-corrected chi connectivity index (χ2v) is 28.2. The van der Waals surface area contributed by atoms with Gasteiger partial charge < -0.3 is 12.3 Å². The second kappa shape index (κ2) is 17.8. The summed E-state index contributed by atoms with van der Waals surface area (Å²) in [5.74, 6) is 1.51. The third-order valence-electron chi connectivity index (χ3n) is 14.3. The molecule has 4 heterocycles. The number of rotatable bonds is 9. The van der Waals surface area contributed by atoms with Crippen LogP contribution in [0.15, 0.2) is 273 Å². The Morgan fingerprint density at radius 3 is 0.851 bits per heavy atom. The molecule has 1 aliphatic rings. The molecule has 0 radical (unpaired) electrons. The molecule has 0 amide bonds. The van der Waals surface area contributed by atoms with Crippen molar-refractivity contribution in [3.05, 3.63) is 273 Å². The lowest BCUT2D eigenvalue weighted by molar-refractivity contribution is 0.268. The zero-order chi connectivity index (χ0) is 49.1. The molecule has 0 aliphatic carbocycles. The number of benzene rings is 10. The molecular weight excluding hydrogens is 959 g/mol. The van der Waals surface area contributed by atoms with E-state index in [-0.39, 0.29) is 0 Å². The van der Waals surface area contributed by atoms with Gasteiger partial charge in [0.25, 0.3) is 0 Å². The number of fused-ring (bicyclic) bond motifs is 6. The number of hydrogen-bond donors (Lipinski definition) is 0. The highest BCUT2D eigenvalue weighted by atomic mass is 28.5. The van der Waals surface area contributed by atoms with E-state index in [0.717, 1.165) is 80.3 Å². The largest absolute Gasteiger partial charge is 0.402 e. The maximum atomic E-state index is 8.26. The molecule has 1 aliphatic heterocycles. The van der Waals surface area contributed by atoms with Gasteiger partial charge >= 0.3 is 25.7 Å². The third-order valence-corrected chi connectivity index (χ3v) is 27.7. The quantitative estimate of drug-likeness (QED) is 0.134. The Morgan fingerprint density at radius 1 is 0.257 bits per heavy atom. The van der Waals surface area contributed by atoms with E-state index in [9.17, 15) is 0 Å². The lowest BCUT2D eigenvalue weighted by Gasteiger charge is -2.53. The van der Waals surface area contributed by atoms with Crippen molar-refractivity contribution < 1.29 is 12.3 Å². The van der Waals surface area contributed by atoms with Gasteiger partial charge in [-0.05, 0) is 61.5 Å². The maximum absolute atomic E-state index is 8.26. The smallest absolute Gasteiger partial charge is 0.390 e. The average molecular weight is 1000 g/mol. The van der Waals surface area contributed by atoms with Crippen LogP contribution in [0.4, 0.5) is 0 Å². The molecule has 0 saturated carbocycles. The Balaban J connectivity index is 1.07. The summed E-state index contributed by atoms with van der Waals surface area (Å²) in [7, 11) is -11.5. The third kappa shape index (κ3) is 7.01. The molecule has 3 aromatic heterocycles. The van der Waals surface area contributed by atoms with Crippen LogP contribution in [0.1, 0.15) is 0 Å². The Morgan fingerprint density at radius 2 is 0.527 bits per heavy atom. The fourth-order valence-corrected chi connectivity index (χ4v) is 27.9. The van der Waals surface area contributed by atoms with Crippen molar-refractivity contribution in [3.63, 3.8) is 0 Å². The molecule has 11 heteroatoms. The van der Waals surface area contributed by atoms with E-state index in [1.807, 2.05) is 0 Å². The van der Waals surface area contributed by atoms with Crippen molar-refractivity contribution >= 4 is 100 Å². The van der Waals surface area contributed by atoms with Gasteiger partial charge in [-0.25, -0.2) is 0 Å². The summed E-state index contributed by atoms with van der Waals surface area (Å²) in [4.78, 5) is 16.4. The molecule has 74 heavy (non-hydrogen) atoms. The summed E-state index contributed by atoms with van der Waals surface area (Å²) in [6.07, 6.45) is 0. The molecule has 10 aromatic carbocycles. The van der Waals surface area contributed by atoms with E-state index >= 15 is 0 Å². The first-order valence-electron chi connectivity index (χ1n) is 24.8. The summed E-state index contributed by atoms with van der Waals surface area (Å²) in [6.45, 7) is 0. The van der Waals surface area contributed by atoms with Crippen LogP contribution < -0.4 is 31.1 Å². The molecule has 8 nitrogen and oxygen atoms in total. The van der Waals surface area contributed by atoms with Gasteiger partial charge in [-0.2, -0.15) is 15.0 Å². The van der Waals surface area contributed by atoms with Crippen molar-refractivity contribution in [2.24, 2.45) is 0 Å². The van der Waals surface area contributed by atoms with Gasteiger partial charge in [-0.3, -0.25) is 9.13 Å². The number of para-hydroxylation sites is 4. The molecule has 14 rings (SSSR count). The van der Waals surface area contributed by atoms with Gasteiger partial charge in [0.2, 0.25) is 11.9 Å². The van der Waals surface area contributed by atoms with Crippen LogP contribution >= 0.6 is 0 Å². The van der Waals surface area contributed by atoms with Gasteiger partial charge in [0.15, 0.2) is 5.82 Å². The van der Waals surface area contributed by atoms with Crippen LogP contribution in [0.5, 0.6) is 0 Å². The zero-order valence-corrected chi connectivity index (χ0v) is 42.9. The standard InChI is InChI=1S/C63H45N5O3Si3/c1-6-26-47(27-7-1)72(48-28-8-2-9-29-48)69-73(49-30-10-3-11-31-49,50-32-12-4-13-33-50)71-74(70-72,51-34-14-5-15-35-51)52-36-24-25-46(45-52)61-64-62(67-57-41-20-16-37-53(57)54-38-17-21-42-58(54)67)66-63(65-61)68-59-43-22-18-39-55(59)56-40-19-23-44-60(56)68/h1-45H. The fourth-order valence-electron chi connectivity index (χ4n) is 11.0. The van der Waals surface area contributed by atoms with E-state index in [2.05, 4.69) is 282 Å². The lowest BCUT2D eigenvalue weighted by Crippen LogP contribution is -2.88. The van der Waals surface area contributed by atoms with E-state index in [4.69, 9.17) is 27.3 Å². The highest BCUT2D eigenvalue weighted by molar-refractivity contribution is 7.16. The predicted molar refractivity (Wildman–Crippen MR) is 304 cm³/mol. The second-order valence-electron chi connectivity index (χ2n) is 18.6. The Bertz CT molecular complexity index is 3790. The molecule has 1 saturated heterocycles. The van der Waals surface area contributed by atoms with Gasteiger partial charge in [0, 0.05) is 27.1 Å².